The second-order valence-corrected chi connectivity index (χ2v) is 9.93. The smallest absolute Gasteiger partial charge is 0.333 e. The molecule has 0 aliphatic rings. The van der Waals surface area contributed by atoms with Gasteiger partial charge in [-0.2, -0.15) is 13.2 Å². The number of rotatable bonds is 7. The van der Waals surface area contributed by atoms with E-state index in [1.807, 2.05) is 13.8 Å². The quantitative estimate of drug-likeness (QED) is 0.474. The van der Waals surface area contributed by atoms with Crippen LogP contribution in [0.15, 0.2) is 41.3 Å². The molecular formula is C22H26F3N3O3S. The Labute approximate surface area is 185 Å². The summed E-state index contributed by atoms with van der Waals surface area (Å²) in [6, 6.07) is 6.67. The van der Waals surface area contributed by atoms with Gasteiger partial charge in [-0.1, -0.05) is 32.0 Å². The summed E-state index contributed by atoms with van der Waals surface area (Å²) in [7, 11) is -3.38. The maximum Gasteiger partial charge on any atom is 0.433 e. The van der Waals surface area contributed by atoms with Crippen molar-refractivity contribution in [1.82, 2.24) is 10.3 Å². The Bertz CT molecular complexity index is 1130. The third kappa shape index (κ3) is 6.89. The molecule has 1 amide bonds. The molecule has 2 rings (SSSR count). The van der Waals surface area contributed by atoms with E-state index in [2.05, 4.69) is 10.3 Å². The third-order valence-electron chi connectivity index (χ3n) is 4.57. The monoisotopic (exact) mass is 469 g/mol. The predicted octanol–water partition coefficient (Wildman–Crippen LogP) is 3.80. The number of sulfone groups is 1. The van der Waals surface area contributed by atoms with Gasteiger partial charge in [0, 0.05) is 18.0 Å². The Kier molecular flexibility index (Phi) is 7.84. The summed E-state index contributed by atoms with van der Waals surface area (Å²) < 4.78 is 62.4. The first kappa shape index (κ1) is 25.5. The normalized spacial score (nSPS) is 13.5. The number of pyridine rings is 1. The van der Waals surface area contributed by atoms with E-state index in [1.165, 1.54) is 30.4 Å². The second-order valence-electron chi connectivity index (χ2n) is 7.94. The molecule has 0 saturated heterocycles. The van der Waals surface area contributed by atoms with E-state index >= 15 is 0 Å². The van der Waals surface area contributed by atoms with Crippen LogP contribution in [0.5, 0.6) is 0 Å². The van der Waals surface area contributed by atoms with Crippen LogP contribution in [0.3, 0.4) is 0 Å². The fraction of sp³-hybridized carbons (Fsp3) is 0.364. The van der Waals surface area contributed by atoms with Crippen molar-refractivity contribution < 1.29 is 26.4 Å². The maximum atomic E-state index is 13.0. The molecule has 10 heteroatoms. The van der Waals surface area contributed by atoms with Gasteiger partial charge in [-0.25, -0.2) is 13.4 Å². The Morgan fingerprint density at radius 3 is 2.41 bits per heavy atom. The van der Waals surface area contributed by atoms with E-state index in [0.717, 1.165) is 12.3 Å². The highest BCUT2D eigenvalue weighted by Gasteiger charge is 2.32. The van der Waals surface area contributed by atoms with Crippen LogP contribution >= 0.6 is 0 Å². The molecule has 32 heavy (non-hydrogen) atoms. The van der Waals surface area contributed by atoms with Crippen molar-refractivity contribution in [1.29, 1.82) is 0 Å². The number of hydrogen-bond acceptors (Lipinski definition) is 5. The average Bonchev–Trinajstić information content (AvgIpc) is 2.64. The van der Waals surface area contributed by atoms with Crippen LogP contribution in [0.2, 0.25) is 0 Å². The number of alkyl halides is 3. The number of carbonyl (C=O) groups is 1. The first-order valence-electron chi connectivity index (χ1n) is 9.80. The number of carbonyl (C=O) groups excluding carboxylic acids is 1. The number of halogens is 3. The second kappa shape index (κ2) is 9.83. The van der Waals surface area contributed by atoms with Crippen LogP contribution in [0.25, 0.3) is 6.08 Å². The summed E-state index contributed by atoms with van der Waals surface area (Å²) in [4.78, 5) is 16.2. The summed E-state index contributed by atoms with van der Waals surface area (Å²) >= 11 is 0. The molecule has 0 aliphatic heterocycles. The molecule has 0 radical (unpaired) electrons. The number of nitrogens with one attached hydrogen (secondary N) is 1. The summed E-state index contributed by atoms with van der Waals surface area (Å²) in [6.07, 6.45) is -1.47. The first-order valence-corrected chi connectivity index (χ1v) is 11.7. The number of nitrogens with two attached hydrogens (primary N) is 1. The van der Waals surface area contributed by atoms with E-state index < -0.39 is 33.8 Å². The highest BCUT2D eigenvalue weighted by atomic mass is 32.2. The zero-order chi connectivity index (χ0) is 24.3. The first-order chi connectivity index (χ1) is 14.7. The minimum Gasteiger partial charge on any atom is -0.333 e. The van der Waals surface area contributed by atoms with Crippen molar-refractivity contribution in [3.8, 4) is 0 Å². The van der Waals surface area contributed by atoms with Gasteiger partial charge in [0.25, 0.3) is 0 Å². The Morgan fingerprint density at radius 1 is 1.22 bits per heavy atom. The molecule has 1 aromatic carbocycles. The molecule has 2 aromatic rings. The Balaban J connectivity index is 2.19. The maximum absolute atomic E-state index is 13.0. The van der Waals surface area contributed by atoms with Gasteiger partial charge in [0.2, 0.25) is 5.91 Å². The molecule has 6 nitrogen and oxygen atoms in total. The van der Waals surface area contributed by atoms with E-state index in [1.54, 1.807) is 13.0 Å². The summed E-state index contributed by atoms with van der Waals surface area (Å²) in [6.45, 7) is 5.35. The zero-order valence-corrected chi connectivity index (χ0v) is 19.0. The number of aromatic nitrogens is 1. The summed E-state index contributed by atoms with van der Waals surface area (Å²) in [5.74, 6) is -0.490. The standard InChI is InChI=1S/C22H26F3N3O3S/c1-13(2)11-17-15(6-9-19(27-17)22(23,24)25)7-10-20(29)28-21(26)16-5-8-18(14(3)12-16)32(4,30)31/h5-10,12-13,21H,11,26H2,1-4H3,(H,28,29). The molecular weight excluding hydrogens is 443 g/mol. The van der Waals surface area contributed by atoms with Gasteiger partial charge < -0.3 is 11.1 Å². The van der Waals surface area contributed by atoms with Crippen molar-refractivity contribution >= 4 is 21.8 Å². The van der Waals surface area contributed by atoms with Gasteiger partial charge in [-0.3, -0.25) is 4.79 Å². The fourth-order valence-electron chi connectivity index (χ4n) is 3.10. The van der Waals surface area contributed by atoms with E-state index in [9.17, 15) is 26.4 Å². The predicted molar refractivity (Wildman–Crippen MR) is 116 cm³/mol. The largest absolute Gasteiger partial charge is 0.433 e. The molecule has 0 saturated carbocycles. The minimum absolute atomic E-state index is 0.0681. The van der Waals surface area contributed by atoms with Crippen molar-refractivity contribution in [2.75, 3.05) is 6.26 Å². The highest BCUT2D eigenvalue weighted by molar-refractivity contribution is 7.90. The van der Waals surface area contributed by atoms with Crippen molar-refractivity contribution in [2.24, 2.45) is 11.7 Å². The Morgan fingerprint density at radius 2 is 1.88 bits per heavy atom. The van der Waals surface area contributed by atoms with Crippen molar-refractivity contribution in [2.45, 2.75) is 44.4 Å². The van der Waals surface area contributed by atoms with Crippen molar-refractivity contribution in [3.05, 3.63) is 64.5 Å². The van der Waals surface area contributed by atoms with Gasteiger partial charge in [-0.05, 0) is 54.2 Å². The van der Waals surface area contributed by atoms with Crippen LogP contribution in [-0.2, 0) is 27.2 Å². The molecule has 1 atom stereocenters. The van der Waals surface area contributed by atoms with Gasteiger partial charge >= 0.3 is 6.18 Å². The molecule has 0 bridgehead atoms. The molecule has 0 aliphatic carbocycles. The van der Waals surface area contributed by atoms with E-state index in [4.69, 9.17) is 5.73 Å². The van der Waals surface area contributed by atoms with Crippen LogP contribution in [-0.4, -0.2) is 25.6 Å². The zero-order valence-electron chi connectivity index (χ0n) is 18.2. The molecule has 0 fully saturated rings. The van der Waals surface area contributed by atoms with Gasteiger partial charge in [-0.15, -0.1) is 0 Å². The van der Waals surface area contributed by atoms with Gasteiger partial charge in [0.05, 0.1) is 4.90 Å². The summed E-state index contributed by atoms with van der Waals surface area (Å²) in [5.41, 5.74) is 6.68. The molecule has 0 spiro atoms. The van der Waals surface area contributed by atoms with Crippen LogP contribution < -0.4 is 11.1 Å². The number of amides is 1. The number of hydrogen-bond donors (Lipinski definition) is 2. The lowest BCUT2D eigenvalue weighted by molar-refractivity contribution is -0.141. The Hall–Kier alpha value is -2.72. The number of nitrogens with zero attached hydrogens (tertiary/aromatic N) is 1. The minimum atomic E-state index is -4.55. The highest BCUT2D eigenvalue weighted by Crippen LogP contribution is 2.29. The summed E-state index contributed by atoms with van der Waals surface area (Å²) in [5, 5.41) is 2.55. The van der Waals surface area contributed by atoms with Crippen LogP contribution in [0.1, 0.15) is 48.1 Å². The van der Waals surface area contributed by atoms with Crippen LogP contribution in [0.4, 0.5) is 13.2 Å². The number of benzene rings is 1. The number of aryl methyl sites for hydroxylation is 1. The lowest BCUT2D eigenvalue weighted by Crippen LogP contribution is -2.33. The van der Waals surface area contributed by atoms with E-state index in [0.29, 0.717) is 23.1 Å². The molecule has 1 aromatic heterocycles. The third-order valence-corrected chi connectivity index (χ3v) is 5.83. The lowest BCUT2D eigenvalue weighted by Gasteiger charge is -2.15. The molecule has 1 heterocycles. The van der Waals surface area contributed by atoms with E-state index in [-0.39, 0.29) is 16.5 Å². The van der Waals surface area contributed by atoms with Crippen LogP contribution in [0, 0.1) is 12.8 Å². The topological polar surface area (TPSA) is 102 Å². The van der Waals surface area contributed by atoms with Gasteiger partial charge in [0.1, 0.15) is 11.9 Å². The average molecular weight is 470 g/mol. The molecule has 174 valence electrons. The lowest BCUT2D eigenvalue weighted by atomic mass is 10.0. The SMILES string of the molecule is Cc1cc(C(N)NC(=O)C=Cc2ccc(C(F)(F)F)nc2CC(C)C)ccc1S(C)(=O)=O. The van der Waals surface area contributed by atoms with Crippen molar-refractivity contribution in [3.63, 3.8) is 0 Å². The molecule has 1 unspecified atom stereocenters. The van der Waals surface area contributed by atoms with Gasteiger partial charge in [0.15, 0.2) is 9.84 Å². The molecule has 3 N–H and O–H groups in total. The fourth-order valence-corrected chi connectivity index (χ4v) is 4.06.